The van der Waals surface area contributed by atoms with Gasteiger partial charge in [0.2, 0.25) is 10.0 Å². The Kier molecular flexibility index (Phi) is 5.34. The Morgan fingerprint density at radius 3 is 2.70 bits per heavy atom. The van der Waals surface area contributed by atoms with Gasteiger partial charge in [0.1, 0.15) is 0 Å². The highest BCUT2D eigenvalue weighted by atomic mass is 32.2. The summed E-state index contributed by atoms with van der Waals surface area (Å²) in [6.45, 7) is 1.51. The number of nitrogens with one attached hydrogen (secondary N) is 1. The highest BCUT2D eigenvalue weighted by molar-refractivity contribution is 7.92. The lowest BCUT2D eigenvalue weighted by Gasteiger charge is -2.27. The first-order valence-electron chi connectivity index (χ1n) is 7.01. The first-order valence-corrected chi connectivity index (χ1v) is 8.51. The number of piperidine rings is 1. The standard InChI is InChI=1S/C15H22N2O2S/c1-17(13-15-9-5-6-11-16-15)20(18,19)12-10-14-7-3-2-4-8-14/h2-4,7-8,10,12,15-16H,5-6,9,11,13H2,1H3/b12-10+. The van der Waals surface area contributed by atoms with Crippen LogP contribution in [0.15, 0.2) is 35.7 Å². The van der Waals surface area contributed by atoms with Crippen LogP contribution in [0.5, 0.6) is 0 Å². The molecule has 0 aromatic heterocycles. The highest BCUT2D eigenvalue weighted by Gasteiger charge is 2.20. The van der Waals surface area contributed by atoms with Crippen molar-refractivity contribution in [3.8, 4) is 0 Å². The molecule has 20 heavy (non-hydrogen) atoms. The minimum absolute atomic E-state index is 0.272. The summed E-state index contributed by atoms with van der Waals surface area (Å²) in [5.41, 5.74) is 0.889. The van der Waals surface area contributed by atoms with Crippen molar-refractivity contribution in [1.29, 1.82) is 0 Å². The Labute approximate surface area is 121 Å². The molecule has 0 spiro atoms. The molecule has 1 aliphatic heterocycles. The van der Waals surface area contributed by atoms with E-state index in [-0.39, 0.29) is 6.04 Å². The fraction of sp³-hybridized carbons (Fsp3) is 0.467. The molecule has 1 atom stereocenters. The Morgan fingerprint density at radius 2 is 2.05 bits per heavy atom. The molecular weight excluding hydrogens is 272 g/mol. The van der Waals surface area contributed by atoms with E-state index in [9.17, 15) is 8.42 Å². The summed E-state index contributed by atoms with van der Waals surface area (Å²) in [4.78, 5) is 0. The van der Waals surface area contributed by atoms with E-state index in [0.717, 1.165) is 18.5 Å². The molecule has 0 radical (unpaired) electrons. The molecule has 1 saturated heterocycles. The Hall–Kier alpha value is -1.17. The van der Waals surface area contributed by atoms with Crippen LogP contribution in [0.4, 0.5) is 0 Å². The van der Waals surface area contributed by atoms with Crippen molar-refractivity contribution in [2.24, 2.45) is 0 Å². The topological polar surface area (TPSA) is 49.4 Å². The number of hydrogen-bond donors (Lipinski definition) is 1. The summed E-state index contributed by atoms with van der Waals surface area (Å²) in [5, 5.41) is 4.65. The van der Waals surface area contributed by atoms with Gasteiger partial charge >= 0.3 is 0 Å². The zero-order chi connectivity index (χ0) is 14.4. The molecule has 2 rings (SSSR count). The van der Waals surface area contributed by atoms with Crippen LogP contribution in [-0.4, -0.2) is 38.9 Å². The summed E-state index contributed by atoms with van der Waals surface area (Å²) in [5.74, 6) is 0. The second-order valence-corrected chi connectivity index (χ2v) is 7.11. The third-order valence-electron chi connectivity index (χ3n) is 3.56. The van der Waals surface area contributed by atoms with Gasteiger partial charge in [-0.2, -0.15) is 4.31 Å². The van der Waals surface area contributed by atoms with Crippen LogP contribution in [0.3, 0.4) is 0 Å². The fourth-order valence-corrected chi connectivity index (χ4v) is 3.25. The second-order valence-electron chi connectivity index (χ2n) is 5.19. The Balaban J connectivity index is 1.96. The van der Waals surface area contributed by atoms with Gasteiger partial charge in [-0.1, -0.05) is 36.8 Å². The number of sulfonamides is 1. The molecule has 1 heterocycles. The van der Waals surface area contributed by atoms with Crippen LogP contribution in [0.25, 0.3) is 6.08 Å². The van der Waals surface area contributed by atoms with E-state index in [1.807, 2.05) is 30.3 Å². The summed E-state index contributed by atoms with van der Waals surface area (Å²) in [6.07, 6.45) is 5.04. The maximum atomic E-state index is 12.2. The quantitative estimate of drug-likeness (QED) is 0.904. The van der Waals surface area contributed by atoms with Gasteiger partial charge in [-0.15, -0.1) is 0 Å². The predicted molar refractivity (Wildman–Crippen MR) is 82.7 cm³/mol. The van der Waals surface area contributed by atoms with E-state index in [1.165, 1.54) is 22.6 Å². The van der Waals surface area contributed by atoms with E-state index < -0.39 is 10.0 Å². The molecule has 1 aromatic carbocycles. The lowest BCUT2D eigenvalue weighted by molar-refractivity contribution is 0.339. The van der Waals surface area contributed by atoms with E-state index in [4.69, 9.17) is 0 Å². The number of nitrogens with zero attached hydrogens (tertiary/aromatic N) is 1. The molecule has 0 amide bonds. The van der Waals surface area contributed by atoms with Crippen molar-refractivity contribution in [3.05, 3.63) is 41.3 Å². The number of hydrogen-bond acceptors (Lipinski definition) is 3. The van der Waals surface area contributed by atoms with Crippen molar-refractivity contribution in [2.75, 3.05) is 20.1 Å². The van der Waals surface area contributed by atoms with E-state index in [0.29, 0.717) is 6.54 Å². The molecule has 1 fully saturated rings. The molecule has 4 nitrogen and oxygen atoms in total. The van der Waals surface area contributed by atoms with Gasteiger partial charge < -0.3 is 5.32 Å². The zero-order valence-electron chi connectivity index (χ0n) is 11.8. The van der Waals surface area contributed by atoms with Crippen LogP contribution in [0.2, 0.25) is 0 Å². The van der Waals surface area contributed by atoms with Crippen molar-refractivity contribution in [1.82, 2.24) is 9.62 Å². The largest absolute Gasteiger partial charge is 0.313 e. The van der Waals surface area contributed by atoms with Gasteiger partial charge in [0.25, 0.3) is 0 Å². The van der Waals surface area contributed by atoms with Gasteiger partial charge in [0.05, 0.1) is 0 Å². The Morgan fingerprint density at radius 1 is 1.30 bits per heavy atom. The summed E-state index contributed by atoms with van der Waals surface area (Å²) in [7, 11) is -1.71. The average molecular weight is 294 g/mol. The summed E-state index contributed by atoms with van der Waals surface area (Å²) >= 11 is 0. The van der Waals surface area contributed by atoms with Crippen LogP contribution in [0, 0.1) is 0 Å². The molecule has 1 aliphatic rings. The summed E-state index contributed by atoms with van der Waals surface area (Å²) in [6, 6.07) is 9.73. The monoisotopic (exact) mass is 294 g/mol. The SMILES string of the molecule is CN(CC1CCCCN1)S(=O)(=O)/C=C/c1ccccc1. The molecule has 5 heteroatoms. The second kappa shape index (κ2) is 7.02. The maximum absolute atomic E-state index is 12.2. The molecular formula is C15H22N2O2S. The minimum Gasteiger partial charge on any atom is -0.313 e. The van der Waals surface area contributed by atoms with Crippen molar-refractivity contribution in [3.63, 3.8) is 0 Å². The van der Waals surface area contributed by atoms with Crippen LogP contribution in [0.1, 0.15) is 24.8 Å². The van der Waals surface area contributed by atoms with Gasteiger partial charge in [0, 0.05) is 25.0 Å². The third-order valence-corrected chi connectivity index (χ3v) is 5.05. The van der Waals surface area contributed by atoms with Crippen LogP contribution >= 0.6 is 0 Å². The minimum atomic E-state index is -3.35. The first kappa shape index (κ1) is 15.2. The number of rotatable bonds is 5. The van der Waals surface area contributed by atoms with Crippen LogP contribution in [-0.2, 0) is 10.0 Å². The van der Waals surface area contributed by atoms with E-state index >= 15 is 0 Å². The molecule has 1 N–H and O–H groups in total. The average Bonchev–Trinajstić information content (AvgIpc) is 2.47. The van der Waals surface area contributed by atoms with Crippen molar-refractivity contribution in [2.45, 2.75) is 25.3 Å². The Bertz CT molecular complexity index is 534. The number of likely N-dealkylation sites (N-methyl/N-ethyl adjacent to an activating group) is 1. The molecule has 0 aliphatic carbocycles. The molecule has 0 saturated carbocycles. The first-order chi connectivity index (χ1) is 9.58. The van der Waals surface area contributed by atoms with Gasteiger partial charge in [-0.05, 0) is 31.0 Å². The normalized spacial score (nSPS) is 20.6. The smallest absolute Gasteiger partial charge is 0.236 e. The third kappa shape index (κ3) is 4.44. The lowest BCUT2D eigenvalue weighted by atomic mass is 10.1. The lowest BCUT2D eigenvalue weighted by Crippen LogP contribution is -2.43. The number of benzene rings is 1. The zero-order valence-corrected chi connectivity index (χ0v) is 12.6. The molecule has 1 unspecified atom stereocenters. The van der Waals surface area contributed by atoms with E-state index in [1.54, 1.807) is 13.1 Å². The molecule has 1 aromatic rings. The van der Waals surface area contributed by atoms with Crippen molar-refractivity contribution < 1.29 is 8.42 Å². The van der Waals surface area contributed by atoms with Crippen molar-refractivity contribution >= 4 is 16.1 Å². The summed E-state index contributed by atoms with van der Waals surface area (Å²) < 4.78 is 25.8. The molecule has 0 bridgehead atoms. The predicted octanol–water partition coefficient (Wildman–Crippen LogP) is 2.06. The van der Waals surface area contributed by atoms with Crippen LogP contribution < -0.4 is 5.32 Å². The highest BCUT2D eigenvalue weighted by Crippen LogP contribution is 2.11. The molecule has 110 valence electrons. The van der Waals surface area contributed by atoms with Gasteiger partial charge in [-0.25, -0.2) is 8.42 Å². The van der Waals surface area contributed by atoms with Gasteiger partial charge in [-0.3, -0.25) is 0 Å². The van der Waals surface area contributed by atoms with Gasteiger partial charge in [0.15, 0.2) is 0 Å². The fourth-order valence-electron chi connectivity index (χ4n) is 2.33. The van der Waals surface area contributed by atoms with E-state index in [2.05, 4.69) is 5.32 Å². The maximum Gasteiger partial charge on any atom is 0.236 e.